The molecule has 1 amide bonds. The van der Waals surface area contributed by atoms with Crippen LogP contribution in [0.4, 0.5) is 5.13 Å². The first kappa shape index (κ1) is 22.5. The number of carbonyl (C=O) groups is 1. The summed E-state index contributed by atoms with van der Waals surface area (Å²) in [7, 11) is -3.79. The molecule has 1 atom stereocenters. The minimum absolute atomic E-state index is 0.135. The lowest BCUT2D eigenvalue weighted by molar-refractivity contribution is -0.119. The van der Waals surface area contributed by atoms with Crippen LogP contribution in [0.5, 0.6) is 0 Å². The highest BCUT2D eigenvalue weighted by molar-refractivity contribution is 7.89. The third-order valence-electron chi connectivity index (χ3n) is 6.31. The van der Waals surface area contributed by atoms with Crippen LogP contribution in [-0.2, 0) is 27.7 Å². The third-order valence-corrected chi connectivity index (χ3v) is 9.24. The first-order chi connectivity index (χ1) is 15.9. The summed E-state index contributed by atoms with van der Waals surface area (Å²) in [5.41, 5.74) is 4.66. The molecule has 1 N–H and O–H groups in total. The molecule has 3 aromatic rings. The SMILES string of the molecule is O=C(Nc1nc(-c2ccc3c(c2)CCCC3)cs1)C1CCCN1S(=O)(=O)c1ccc(Cl)cc1. The summed E-state index contributed by atoms with van der Waals surface area (Å²) in [6, 6.07) is 11.7. The molecule has 1 saturated heterocycles. The molecule has 0 spiro atoms. The molecule has 1 unspecified atom stereocenters. The lowest BCUT2D eigenvalue weighted by atomic mass is 9.90. The molecule has 9 heteroatoms. The Labute approximate surface area is 202 Å². The number of sulfonamides is 1. The van der Waals surface area contributed by atoms with E-state index in [1.54, 1.807) is 0 Å². The number of aryl methyl sites for hydroxylation is 2. The van der Waals surface area contributed by atoms with E-state index < -0.39 is 16.1 Å². The number of carbonyl (C=O) groups excluding carboxylic acids is 1. The molecule has 2 aromatic carbocycles. The molecule has 6 nitrogen and oxygen atoms in total. The van der Waals surface area contributed by atoms with Crippen LogP contribution >= 0.6 is 22.9 Å². The van der Waals surface area contributed by atoms with Crippen LogP contribution < -0.4 is 5.32 Å². The molecule has 1 aromatic heterocycles. The van der Waals surface area contributed by atoms with Crippen LogP contribution in [0.25, 0.3) is 11.3 Å². The summed E-state index contributed by atoms with van der Waals surface area (Å²) in [5, 5.41) is 5.70. The summed E-state index contributed by atoms with van der Waals surface area (Å²) >= 11 is 7.24. The van der Waals surface area contributed by atoms with Crippen molar-refractivity contribution < 1.29 is 13.2 Å². The highest BCUT2D eigenvalue weighted by atomic mass is 35.5. The fourth-order valence-electron chi connectivity index (χ4n) is 4.58. The number of hydrogen-bond donors (Lipinski definition) is 1. The largest absolute Gasteiger partial charge is 0.301 e. The maximum Gasteiger partial charge on any atom is 0.244 e. The van der Waals surface area contributed by atoms with Gasteiger partial charge < -0.3 is 5.32 Å². The Morgan fingerprint density at radius 3 is 2.61 bits per heavy atom. The number of nitrogens with zero attached hydrogens (tertiary/aromatic N) is 2. The molecule has 1 aliphatic carbocycles. The molecular formula is C24H24ClN3O3S2. The third kappa shape index (κ3) is 4.57. The highest BCUT2D eigenvalue weighted by Crippen LogP contribution is 2.31. The maximum absolute atomic E-state index is 13.1. The number of hydrogen-bond acceptors (Lipinski definition) is 5. The zero-order chi connectivity index (χ0) is 23.0. The van der Waals surface area contributed by atoms with Gasteiger partial charge in [0.05, 0.1) is 10.6 Å². The van der Waals surface area contributed by atoms with E-state index in [4.69, 9.17) is 11.6 Å². The Hall–Kier alpha value is -2.26. The highest BCUT2D eigenvalue weighted by Gasteiger charge is 2.39. The molecule has 1 aliphatic heterocycles. The summed E-state index contributed by atoms with van der Waals surface area (Å²) in [6.45, 7) is 0.307. The van der Waals surface area contributed by atoms with Crippen LogP contribution in [-0.4, -0.2) is 36.2 Å². The number of benzene rings is 2. The standard InChI is InChI=1S/C24H24ClN3O3S2/c25-19-9-11-20(12-10-19)33(30,31)28-13-3-6-22(28)23(29)27-24-26-21(15-32-24)18-8-7-16-4-1-2-5-17(16)14-18/h7-12,14-15,22H,1-6,13H2,(H,26,27,29). The van der Waals surface area contributed by atoms with E-state index in [0.717, 1.165) is 24.1 Å². The molecule has 0 radical (unpaired) electrons. The van der Waals surface area contributed by atoms with Crippen LogP contribution in [0.2, 0.25) is 5.02 Å². The van der Waals surface area contributed by atoms with Crippen molar-refractivity contribution in [2.75, 3.05) is 11.9 Å². The van der Waals surface area contributed by atoms with Crippen LogP contribution in [0, 0.1) is 0 Å². The Kier molecular flexibility index (Phi) is 6.26. The van der Waals surface area contributed by atoms with Gasteiger partial charge in [-0.1, -0.05) is 23.7 Å². The van der Waals surface area contributed by atoms with Gasteiger partial charge in [-0.05, 0) is 80.0 Å². The molecule has 2 aliphatic rings. The van der Waals surface area contributed by atoms with Crippen LogP contribution in [0.3, 0.4) is 0 Å². The average Bonchev–Trinajstić information content (AvgIpc) is 3.49. The molecule has 5 rings (SSSR count). The smallest absolute Gasteiger partial charge is 0.244 e. The van der Waals surface area contributed by atoms with Crippen molar-refractivity contribution in [3.63, 3.8) is 0 Å². The van der Waals surface area contributed by atoms with E-state index in [1.165, 1.54) is 63.9 Å². The van der Waals surface area contributed by atoms with Crippen LogP contribution in [0.15, 0.2) is 52.7 Å². The van der Waals surface area contributed by atoms with Crippen molar-refractivity contribution in [2.45, 2.75) is 49.5 Å². The number of halogens is 1. The second-order valence-corrected chi connectivity index (χ2v) is 11.6. The van der Waals surface area contributed by atoms with E-state index >= 15 is 0 Å². The molecule has 0 bridgehead atoms. The Bertz CT molecular complexity index is 1290. The minimum Gasteiger partial charge on any atom is -0.301 e. The number of rotatable bonds is 5. The van der Waals surface area contributed by atoms with Crippen molar-refractivity contribution in [3.8, 4) is 11.3 Å². The predicted octanol–water partition coefficient (Wildman–Crippen LogP) is 5.13. The van der Waals surface area contributed by atoms with E-state index in [2.05, 4.69) is 28.5 Å². The van der Waals surface area contributed by atoms with Crippen molar-refractivity contribution >= 4 is 44.0 Å². The van der Waals surface area contributed by atoms with Gasteiger partial charge in [-0.3, -0.25) is 4.79 Å². The van der Waals surface area contributed by atoms with Gasteiger partial charge in [-0.25, -0.2) is 13.4 Å². The summed E-state index contributed by atoms with van der Waals surface area (Å²) < 4.78 is 27.5. The minimum atomic E-state index is -3.79. The van der Waals surface area contributed by atoms with Crippen molar-refractivity contribution in [1.82, 2.24) is 9.29 Å². The molecule has 1 fully saturated rings. The van der Waals surface area contributed by atoms with Crippen molar-refractivity contribution in [1.29, 1.82) is 0 Å². The quantitative estimate of drug-likeness (QED) is 0.525. The predicted molar refractivity (Wildman–Crippen MR) is 131 cm³/mol. The Morgan fingerprint density at radius 1 is 1.06 bits per heavy atom. The number of aromatic nitrogens is 1. The lowest BCUT2D eigenvalue weighted by Gasteiger charge is -2.23. The Balaban J connectivity index is 1.31. The van der Waals surface area contributed by atoms with Gasteiger partial charge in [0.15, 0.2) is 5.13 Å². The van der Waals surface area contributed by atoms with Gasteiger partial charge in [0.2, 0.25) is 15.9 Å². The zero-order valence-electron chi connectivity index (χ0n) is 18.0. The van der Waals surface area contributed by atoms with Gasteiger partial charge in [-0.2, -0.15) is 4.31 Å². The van der Waals surface area contributed by atoms with E-state index in [0.29, 0.717) is 29.5 Å². The van der Waals surface area contributed by atoms with E-state index in [-0.39, 0.29) is 10.8 Å². The summed E-state index contributed by atoms with van der Waals surface area (Å²) in [6.07, 6.45) is 5.78. The van der Waals surface area contributed by atoms with Gasteiger partial charge in [0.25, 0.3) is 0 Å². The fourth-order valence-corrected chi connectivity index (χ4v) is 7.08. The molecule has 0 saturated carbocycles. The van der Waals surface area contributed by atoms with E-state index in [9.17, 15) is 13.2 Å². The number of anilines is 1. The fraction of sp³-hybridized carbons (Fsp3) is 0.333. The van der Waals surface area contributed by atoms with E-state index in [1.807, 2.05) is 5.38 Å². The van der Waals surface area contributed by atoms with Gasteiger partial charge >= 0.3 is 0 Å². The van der Waals surface area contributed by atoms with Gasteiger partial charge in [0.1, 0.15) is 6.04 Å². The molecule has 172 valence electrons. The normalized spacial score (nSPS) is 18.8. The van der Waals surface area contributed by atoms with Crippen molar-refractivity contribution in [2.24, 2.45) is 0 Å². The number of fused-ring (bicyclic) bond motifs is 1. The summed E-state index contributed by atoms with van der Waals surface area (Å²) in [4.78, 5) is 17.8. The molecule has 2 heterocycles. The number of thiazole rings is 1. The second kappa shape index (κ2) is 9.18. The monoisotopic (exact) mass is 501 g/mol. The first-order valence-electron chi connectivity index (χ1n) is 11.1. The summed E-state index contributed by atoms with van der Waals surface area (Å²) in [5.74, 6) is -0.351. The number of nitrogens with one attached hydrogen (secondary N) is 1. The maximum atomic E-state index is 13.1. The Morgan fingerprint density at radius 2 is 1.82 bits per heavy atom. The van der Waals surface area contributed by atoms with Crippen LogP contribution in [0.1, 0.15) is 36.8 Å². The first-order valence-corrected chi connectivity index (χ1v) is 13.8. The molecular weight excluding hydrogens is 478 g/mol. The zero-order valence-corrected chi connectivity index (χ0v) is 20.3. The van der Waals surface area contributed by atoms with Gasteiger partial charge in [0, 0.05) is 22.5 Å². The number of amides is 1. The van der Waals surface area contributed by atoms with Gasteiger partial charge in [-0.15, -0.1) is 11.3 Å². The topological polar surface area (TPSA) is 79.4 Å². The lowest BCUT2D eigenvalue weighted by Crippen LogP contribution is -2.43. The second-order valence-electron chi connectivity index (χ2n) is 8.45. The van der Waals surface area contributed by atoms with Crippen molar-refractivity contribution in [3.05, 3.63) is 64.0 Å². The average molecular weight is 502 g/mol. The molecule has 33 heavy (non-hydrogen) atoms.